The Morgan fingerprint density at radius 1 is 1.21 bits per heavy atom. The molecule has 2 N–H and O–H groups in total. The van der Waals surface area contributed by atoms with E-state index in [0.29, 0.717) is 60.6 Å². The van der Waals surface area contributed by atoms with E-state index in [2.05, 4.69) is 20.6 Å². The van der Waals surface area contributed by atoms with Gasteiger partial charge in [-0.05, 0) is 70.9 Å². The Kier molecular flexibility index (Phi) is 9.41. The molecule has 1 aromatic carbocycles. The van der Waals surface area contributed by atoms with Crippen molar-refractivity contribution < 1.29 is 23.9 Å². The number of carbonyl (C=O) groups excluding carboxylic acids is 3. The Labute approximate surface area is 257 Å². The lowest BCUT2D eigenvalue weighted by molar-refractivity contribution is -0.122. The number of ether oxygens (including phenoxy) is 2. The molecule has 3 amide bonds. The number of amides is 3. The largest absolute Gasteiger partial charge is 0.444 e. The Balaban J connectivity index is 1.18. The van der Waals surface area contributed by atoms with Gasteiger partial charge in [0.15, 0.2) is 0 Å². The molecular formula is C31H41ClN6O5. The number of nitrogens with zero attached hydrogens (tertiary/aromatic N) is 4. The minimum atomic E-state index is -0.559. The number of aromatic nitrogens is 2. The van der Waals surface area contributed by atoms with Crippen LogP contribution in [0.4, 0.5) is 10.7 Å². The van der Waals surface area contributed by atoms with Crippen LogP contribution in [0.15, 0.2) is 24.4 Å². The zero-order valence-electron chi connectivity index (χ0n) is 25.3. The van der Waals surface area contributed by atoms with Gasteiger partial charge in [-0.2, -0.15) is 0 Å². The SMILES string of the molecule is CC(NC(=O)CN1Cc2ccc(-c3nc(NC4CCOCC4)ncc3Cl)cc2C1=O)[C@@H]1CCCN(C(=O)OC(C)(C)C)C1. The van der Waals surface area contributed by atoms with E-state index in [1.165, 1.54) is 0 Å². The van der Waals surface area contributed by atoms with Gasteiger partial charge in [0.1, 0.15) is 12.1 Å². The van der Waals surface area contributed by atoms with Crippen molar-refractivity contribution in [3.8, 4) is 11.3 Å². The lowest BCUT2D eigenvalue weighted by Gasteiger charge is -2.36. The summed E-state index contributed by atoms with van der Waals surface area (Å²) in [4.78, 5) is 51.2. The van der Waals surface area contributed by atoms with Crippen LogP contribution >= 0.6 is 11.6 Å². The van der Waals surface area contributed by atoms with Crippen LogP contribution in [0, 0.1) is 5.92 Å². The number of hydrogen-bond acceptors (Lipinski definition) is 8. The molecule has 11 nitrogen and oxygen atoms in total. The third kappa shape index (κ3) is 7.75. The van der Waals surface area contributed by atoms with Gasteiger partial charge in [-0.25, -0.2) is 14.8 Å². The van der Waals surface area contributed by atoms with E-state index in [1.54, 1.807) is 22.1 Å². The molecule has 3 aliphatic rings. The molecule has 0 aliphatic carbocycles. The topological polar surface area (TPSA) is 126 Å². The van der Waals surface area contributed by atoms with Crippen LogP contribution in [0.25, 0.3) is 11.3 Å². The van der Waals surface area contributed by atoms with Crippen LogP contribution in [0.3, 0.4) is 0 Å². The number of hydrogen-bond donors (Lipinski definition) is 2. The zero-order valence-corrected chi connectivity index (χ0v) is 26.1. The average molecular weight is 613 g/mol. The summed E-state index contributed by atoms with van der Waals surface area (Å²) in [6.45, 7) is 10.4. The first-order valence-electron chi connectivity index (χ1n) is 15.0. The first kappa shape index (κ1) is 31.0. The zero-order chi connectivity index (χ0) is 30.7. The summed E-state index contributed by atoms with van der Waals surface area (Å²) in [5, 5.41) is 6.80. The van der Waals surface area contributed by atoms with Crippen LogP contribution in [0.1, 0.15) is 69.3 Å². The van der Waals surface area contributed by atoms with Gasteiger partial charge in [-0.3, -0.25) is 9.59 Å². The van der Waals surface area contributed by atoms with Crippen molar-refractivity contribution in [2.75, 3.05) is 38.2 Å². The van der Waals surface area contributed by atoms with Gasteiger partial charge < -0.3 is 29.9 Å². The number of rotatable bonds is 7. The van der Waals surface area contributed by atoms with E-state index in [-0.39, 0.29) is 42.5 Å². The molecule has 43 heavy (non-hydrogen) atoms. The van der Waals surface area contributed by atoms with Crippen molar-refractivity contribution in [2.24, 2.45) is 5.92 Å². The molecule has 3 aliphatic heterocycles. The fraction of sp³-hybridized carbons (Fsp3) is 0.581. The van der Waals surface area contributed by atoms with Crippen molar-refractivity contribution in [1.29, 1.82) is 0 Å². The summed E-state index contributed by atoms with van der Waals surface area (Å²) in [5.74, 6) is 0.144. The lowest BCUT2D eigenvalue weighted by Crippen LogP contribution is -2.50. The number of nitrogens with one attached hydrogen (secondary N) is 2. The van der Waals surface area contributed by atoms with Crippen LogP contribution in [0.2, 0.25) is 5.02 Å². The predicted octanol–water partition coefficient (Wildman–Crippen LogP) is 4.50. The summed E-state index contributed by atoms with van der Waals surface area (Å²) >= 11 is 6.48. The summed E-state index contributed by atoms with van der Waals surface area (Å²) in [5.41, 5.74) is 2.07. The maximum Gasteiger partial charge on any atom is 0.410 e. The van der Waals surface area contributed by atoms with Crippen LogP contribution in [0.5, 0.6) is 0 Å². The van der Waals surface area contributed by atoms with Crippen LogP contribution in [-0.2, 0) is 20.8 Å². The molecular weight excluding hydrogens is 572 g/mol. The Hall–Kier alpha value is -3.44. The first-order chi connectivity index (χ1) is 20.5. The molecule has 12 heteroatoms. The molecule has 0 saturated carbocycles. The average Bonchev–Trinajstić information content (AvgIpc) is 3.27. The number of carbonyl (C=O) groups is 3. The van der Waals surface area contributed by atoms with Gasteiger partial charge in [-0.1, -0.05) is 23.7 Å². The summed E-state index contributed by atoms with van der Waals surface area (Å²) < 4.78 is 11.0. The van der Waals surface area contributed by atoms with Gasteiger partial charge in [0.25, 0.3) is 5.91 Å². The fourth-order valence-electron chi connectivity index (χ4n) is 5.80. The highest BCUT2D eigenvalue weighted by Crippen LogP contribution is 2.32. The first-order valence-corrected chi connectivity index (χ1v) is 15.4. The second kappa shape index (κ2) is 13.1. The van der Waals surface area contributed by atoms with Crippen molar-refractivity contribution in [1.82, 2.24) is 25.1 Å². The Morgan fingerprint density at radius 3 is 2.72 bits per heavy atom. The maximum absolute atomic E-state index is 13.3. The highest BCUT2D eigenvalue weighted by Gasteiger charge is 2.33. The molecule has 2 aromatic rings. The maximum atomic E-state index is 13.3. The summed E-state index contributed by atoms with van der Waals surface area (Å²) in [6, 6.07) is 5.64. The van der Waals surface area contributed by atoms with E-state index in [0.717, 1.165) is 31.2 Å². The number of fused-ring (bicyclic) bond motifs is 1. The lowest BCUT2D eigenvalue weighted by atomic mass is 9.91. The Bertz CT molecular complexity index is 1360. The fourth-order valence-corrected chi connectivity index (χ4v) is 6.00. The van der Waals surface area contributed by atoms with Crippen LogP contribution < -0.4 is 10.6 Å². The van der Waals surface area contributed by atoms with Crippen LogP contribution in [-0.4, -0.2) is 88.2 Å². The summed E-state index contributed by atoms with van der Waals surface area (Å²) in [7, 11) is 0. The molecule has 2 atom stereocenters. The van der Waals surface area contributed by atoms with Gasteiger partial charge in [0.2, 0.25) is 11.9 Å². The number of piperidine rings is 1. The smallest absolute Gasteiger partial charge is 0.410 e. The van der Waals surface area contributed by atoms with E-state index < -0.39 is 5.60 Å². The second-order valence-corrected chi connectivity index (χ2v) is 13.0. The van der Waals surface area contributed by atoms with Crippen molar-refractivity contribution in [3.63, 3.8) is 0 Å². The predicted molar refractivity (Wildman–Crippen MR) is 163 cm³/mol. The molecule has 2 saturated heterocycles. The molecule has 0 spiro atoms. The Morgan fingerprint density at radius 2 is 1.98 bits per heavy atom. The summed E-state index contributed by atoms with van der Waals surface area (Å²) in [6.07, 6.45) is 4.73. The highest BCUT2D eigenvalue weighted by atomic mass is 35.5. The number of benzene rings is 1. The molecule has 0 bridgehead atoms. The number of likely N-dealkylation sites (tertiary alicyclic amines) is 1. The molecule has 1 unspecified atom stereocenters. The molecule has 232 valence electrons. The molecule has 2 fully saturated rings. The normalized spacial score (nSPS) is 20.0. The van der Waals surface area contributed by atoms with E-state index in [1.807, 2.05) is 39.8 Å². The van der Waals surface area contributed by atoms with E-state index in [4.69, 9.17) is 21.1 Å². The quantitative estimate of drug-likeness (QED) is 0.468. The van der Waals surface area contributed by atoms with Gasteiger partial charge in [0.05, 0.1) is 16.9 Å². The standard InChI is InChI=1S/C31H41ClN6O5/c1-19(21-6-5-11-37(16-21)30(41)43-31(2,3)4)34-26(39)18-38-17-22-8-7-20(14-24(22)28(38)40)27-25(32)15-33-29(36-27)35-23-9-12-42-13-10-23/h7-8,14-15,19,21,23H,5-6,9-13,16-18H2,1-4H3,(H,34,39)(H,33,35,36)/t19?,21-/m1/s1. The number of halogens is 1. The van der Waals surface area contributed by atoms with E-state index in [9.17, 15) is 14.4 Å². The molecule has 5 rings (SSSR count). The van der Waals surface area contributed by atoms with E-state index >= 15 is 0 Å². The molecule has 0 radical (unpaired) electrons. The number of anilines is 1. The minimum absolute atomic E-state index is 0.0525. The van der Waals surface area contributed by atoms with Gasteiger partial charge in [0, 0.05) is 56.1 Å². The highest BCUT2D eigenvalue weighted by molar-refractivity contribution is 6.33. The molecule has 1 aromatic heterocycles. The van der Waals surface area contributed by atoms with Gasteiger partial charge >= 0.3 is 6.09 Å². The van der Waals surface area contributed by atoms with Crippen molar-refractivity contribution >= 4 is 35.5 Å². The van der Waals surface area contributed by atoms with Crippen molar-refractivity contribution in [3.05, 3.63) is 40.5 Å². The third-order valence-corrected chi connectivity index (χ3v) is 8.38. The monoisotopic (exact) mass is 612 g/mol. The van der Waals surface area contributed by atoms with Gasteiger partial charge in [-0.15, -0.1) is 0 Å². The molecule has 4 heterocycles. The van der Waals surface area contributed by atoms with Crippen molar-refractivity contribution in [2.45, 2.75) is 77.6 Å². The minimum Gasteiger partial charge on any atom is -0.444 e. The second-order valence-electron chi connectivity index (χ2n) is 12.6. The third-order valence-electron chi connectivity index (χ3n) is 8.10.